The van der Waals surface area contributed by atoms with Crippen LogP contribution in [-0.2, 0) is 20.9 Å². The van der Waals surface area contributed by atoms with Gasteiger partial charge in [-0.2, -0.15) is 0 Å². The van der Waals surface area contributed by atoms with Crippen LogP contribution in [0.2, 0.25) is 0 Å². The number of benzene rings is 2. The van der Waals surface area contributed by atoms with Crippen LogP contribution in [0.4, 0.5) is 0 Å². The molecule has 0 aliphatic carbocycles. The van der Waals surface area contributed by atoms with Crippen molar-refractivity contribution >= 4 is 11.9 Å². The maximum absolute atomic E-state index is 12.0. The van der Waals surface area contributed by atoms with Crippen molar-refractivity contribution in [2.24, 2.45) is 0 Å². The number of rotatable bonds is 7. The molecule has 0 bridgehead atoms. The smallest absolute Gasteiger partial charge is 0.344 e. The molecule has 0 heterocycles. The molecule has 26 heavy (non-hydrogen) atoms. The van der Waals surface area contributed by atoms with Crippen molar-refractivity contribution < 1.29 is 19.1 Å². The predicted octanol–water partition coefficient (Wildman–Crippen LogP) is 3.24. The molecule has 5 heteroatoms. The molecule has 0 aliphatic heterocycles. The number of esters is 1. The molecule has 5 nitrogen and oxygen atoms in total. The lowest BCUT2D eigenvalue weighted by molar-refractivity contribution is -0.156. The fourth-order valence-corrected chi connectivity index (χ4v) is 2.74. The van der Waals surface area contributed by atoms with Crippen molar-refractivity contribution in [2.45, 2.75) is 40.3 Å². The van der Waals surface area contributed by atoms with Crippen molar-refractivity contribution in [3.63, 3.8) is 0 Å². The number of nitrogens with one attached hydrogen (secondary N) is 1. The minimum atomic E-state index is -0.880. The molecule has 0 spiro atoms. The van der Waals surface area contributed by atoms with Crippen LogP contribution in [0.5, 0.6) is 5.75 Å². The van der Waals surface area contributed by atoms with E-state index in [2.05, 4.69) is 5.32 Å². The summed E-state index contributed by atoms with van der Waals surface area (Å²) in [6.45, 7) is 7.57. The summed E-state index contributed by atoms with van der Waals surface area (Å²) in [5.74, 6) is -0.245. The first-order valence-electron chi connectivity index (χ1n) is 8.58. The molecule has 2 aromatic carbocycles. The summed E-state index contributed by atoms with van der Waals surface area (Å²) >= 11 is 0. The molecule has 2 aromatic rings. The van der Waals surface area contributed by atoms with E-state index in [-0.39, 0.29) is 12.5 Å². The van der Waals surface area contributed by atoms with Crippen molar-refractivity contribution in [2.75, 3.05) is 6.61 Å². The molecule has 1 amide bonds. The second-order valence-electron chi connectivity index (χ2n) is 6.35. The highest BCUT2D eigenvalue weighted by Gasteiger charge is 2.18. The van der Waals surface area contributed by atoms with Crippen LogP contribution < -0.4 is 10.1 Å². The van der Waals surface area contributed by atoms with Gasteiger partial charge in [0.1, 0.15) is 5.75 Å². The van der Waals surface area contributed by atoms with Crippen molar-refractivity contribution in [1.82, 2.24) is 5.32 Å². The summed E-state index contributed by atoms with van der Waals surface area (Å²) in [4.78, 5) is 24.0. The second kappa shape index (κ2) is 9.04. The zero-order chi connectivity index (χ0) is 19.1. The number of carbonyl (C=O) groups excluding carboxylic acids is 2. The lowest BCUT2D eigenvalue weighted by atomic mass is 10.1. The van der Waals surface area contributed by atoms with E-state index in [0.717, 1.165) is 22.3 Å². The summed E-state index contributed by atoms with van der Waals surface area (Å²) < 4.78 is 10.7. The van der Waals surface area contributed by atoms with Crippen LogP contribution in [0.3, 0.4) is 0 Å². The molecule has 138 valence electrons. The summed E-state index contributed by atoms with van der Waals surface area (Å²) in [6, 6.07) is 13.5. The maximum atomic E-state index is 12.0. The standard InChI is InChI=1S/C21H25NO4/c1-14-10-15(2)20(16(3)11-14)25-13-19(23)26-17(4)21(24)22-12-18-8-6-5-7-9-18/h5-11,17H,12-13H2,1-4H3,(H,22,24)/t17-/m0/s1. The molecule has 0 saturated carbocycles. The normalized spacial score (nSPS) is 11.5. The molecule has 0 saturated heterocycles. The highest BCUT2D eigenvalue weighted by Crippen LogP contribution is 2.24. The summed E-state index contributed by atoms with van der Waals surface area (Å²) in [5, 5.41) is 2.75. The van der Waals surface area contributed by atoms with E-state index < -0.39 is 12.1 Å². The number of hydrogen-bond donors (Lipinski definition) is 1. The largest absolute Gasteiger partial charge is 0.481 e. The van der Waals surface area contributed by atoms with E-state index in [1.165, 1.54) is 0 Å². The third-order valence-electron chi connectivity index (χ3n) is 3.93. The summed E-state index contributed by atoms with van der Waals surface area (Å²) in [7, 11) is 0. The number of aryl methyl sites for hydroxylation is 3. The molecular formula is C21H25NO4. The number of amides is 1. The lowest BCUT2D eigenvalue weighted by Gasteiger charge is -2.15. The first-order valence-corrected chi connectivity index (χ1v) is 8.58. The van der Waals surface area contributed by atoms with E-state index in [4.69, 9.17) is 9.47 Å². The first kappa shape index (κ1) is 19.5. The topological polar surface area (TPSA) is 64.6 Å². The first-order chi connectivity index (χ1) is 12.4. The molecule has 0 radical (unpaired) electrons. The van der Waals surface area contributed by atoms with Crippen LogP contribution in [0.25, 0.3) is 0 Å². The Bertz CT molecular complexity index is 748. The van der Waals surface area contributed by atoms with Gasteiger partial charge in [-0.05, 0) is 44.4 Å². The Balaban J connectivity index is 1.80. The van der Waals surface area contributed by atoms with Gasteiger partial charge >= 0.3 is 5.97 Å². The zero-order valence-corrected chi connectivity index (χ0v) is 15.7. The van der Waals surface area contributed by atoms with Crippen LogP contribution in [-0.4, -0.2) is 24.6 Å². The molecule has 0 aliphatic rings. The van der Waals surface area contributed by atoms with Gasteiger partial charge < -0.3 is 14.8 Å². The fraction of sp³-hybridized carbons (Fsp3) is 0.333. The Kier molecular flexibility index (Phi) is 6.78. The monoisotopic (exact) mass is 355 g/mol. The predicted molar refractivity (Wildman–Crippen MR) is 100.0 cm³/mol. The van der Waals surface area contributed by atoms with Gasteiger partial charge in [0.05, 0.1) is 0 Å². The van der Waals surface area contributed by atoms with E-state index in [9.17, 15) is 9.59 Å². The van der Waals surface area contributed by atoms with E-state index in [1.807, 2.05) is 63.2 Å². The van der Waals surface area contributed by atoms with Gasteiger partial charge in [0.25, 0.3) is 5.91 Å². The van der Waals surface area contributed by atoms with Crippen LogP contribution in [0.15, 0.2) is 42.5 Å². The van der Waals surface area contributed by atoms with Crippen molar-refractivity contribution in [3.8, 4) is 5.75 Å². The average Bonchev–Trinajstić information content (AvgIpc) is 2.59. The number of carbonyl (C=O) groups is 2. The van der Waals surface area contributed by atoms with E-state index in [0.29, 0.717) is 12.3 Å². The third-order valence-corrected chi connectivity index (χ3v) is 3.93. The van der Waals surface area contributed by atoms with Gasteiger partial charge in [0.15, 0.2) is 12.7 Å². The highest BCUT2D eigenvalue weighted by atomic mass is 16.6. The van der Waals surface area contributed by atoms with Gasteiger partial charge in [0.2, 0.25) is 0 Å². The Morgan fingerprint density at radius 1 is 1.04 bits per heavy atom. The zero-order valence-electron chi connectivity index (χ0n) is 15.7. The SMILES string of the molecule is Cc1cc(C)c(OCC(=O)O[C@@H](C)C(=O)NCc2ccccc2)c(C)c1. The molecule has 1 atom stereocenters. The molecule has 0 unspecified atom stereocenters. The van der Waals surface area contributed by atoms with Crippen molar-refractivity contribution in [3.05, 3.63) is 64.7 Å². The van der Waals surface area contributed by atoms with Gasteiger partial charge in [0, 0.05) is 6.54 Å². The molecule has 0 aromatic heterocycles. The fourth-order valence-electron chi connectivity index (χ4n) is 2.74. The summed E-state index contributed by atoms with van der Waals surface area (Å²) in [5.41, 5.74) is 4.04. The van der Waals surface area contributed by atoms with Crippen LogP contribution >= 0.6 is 0 Å². The third kappa shape index (κ3) is 5.62. The van der Waals surface area contributed by atoms with E-state index >= 15 is 0 Å². The Morgan fingerprint density at radius 2 is 1.65 bits per heavy atom. The highest BCUT2D eigenvalue weighted by molar-refractivity contribution is 5.83. The molecule has 0 fully saturated rings. The number of hydrogen-bond acceptors (Lipinski definition) is 4. The maximum Gasteiger partial charge on any atom is 0.344 e. The average molecular weight is 355 g/mol. The Hall–Kier alpha value is -2.82. The van der Waals surface area contributed by atoms with E-state index in [1.54, 1.807) is 6.92 Å². The van der Waals surface area contributed by atoms with Crippen LogP contribution in [0.1, 0.15) is 29.2 Å². The van der Waals surface area contributed by atoms with Gasteiger partial charge in [-0.15, -0.1) is 0 Å². The minimum absolute atomic E-state index is 0.235. The summed E-state index contributed by atoms with van der Waals surface area (Å²) in [6.07, 6.45) is -0.880. The second-order valence-corrected chi connectivity index (χ2v) is 6.35. The van der Waals surface area contributed by atoms with Gasteiger partial charge in [-0.1, -0.05) is 48.0 Å². The van der Waals surface area contributed by atoms with Gasteiger partial charge in [-0.3, -0.25) is 4.79 Å². The minimum Gasteiger partial charge on any atom is -0.481 e. The van der Waals surface area contributed by atoms with Gasteiger partial charge in [-0.25, -0.2) is 4.79 Å². The van der Waals surface area contributed by atoms with Crippen LogP contribution in [0, 0.1) is 20.8 Å². The lowest BCUT2D eigenvalue weighted by Crippen LogP contribution is -2.36. The van der Waals surface area contributed by atoms with Crippen molar-refractivity contribution in [1.29, 1.82) is 0 Å². The number of ether oxygens (including phenoxy) is 2. The quantitative estimate of drug-likeness (QED) is 0.775. The molecule has 2 rings (SSSR count). The molecule has 1 N–H and O–H groups in total. The Labute approximate surface area is 154 Å². The molecular weight excluding hydrogens is 330 g/mol. The Morgan fingerprint density at radius 3 is 2.27 bits per heavy atom.